The fourth-order valence-electron chi connectivity index (χ4n) is 2.26. The monoisotopic (exact) mass is 330 g/mol. The van der Waals surface area contributed by atoms with Gasteiger partial charge in [0.15, 0.2) is 0 Å². The maximum Gasteiger partial charge on any atom is 0.249 e. The van der Waals surface area contributed by atoms with Crippen LogP contribution in [-0.4, -0.2) is 23.6 Å². The summed E-state index contributed by atoms with van der Waals surface area (Å²) < 4.78 is 5.61. The van der Waals surface area contributed by atoms with Crippen molar-refractivity contribution < 1.29 is 9.53 Å². The number of amides is 1. The molecule has 1 aromatic carbocycles. The van der Waals surface area contributed by atoms with Gasteiger partial charge >= 0.3 is 0 Å². The first-order valence-corrected chi connectivity index (χ1v) is 8.94. The number of aromatic nitrogens is 1. The minimum atomic E-state index is -0.411. The number of carbonyl (C=O) groups is 1. The molecule has 23 heavy (non-hydrogen) atoms. The Hall–Kier alpha value is -1.72. The number of rotatable bonds is 7. The molecule has 1 aliphatic rings. The fraction of sp³-hybridized carbons (Fsp3) is 0.444. The van der Waals surface area contributed by atoms with E-state index in [-0.39, 0.29) is 11.9 Å². The van der Waals surface area contributed by atoms with E-state index in [1.165, 1.54) is 12.8 Å². The van der Waals surface area contributed by atoms with Gasteiger partial charge in [-0.05, 0) is 32.6 Å². The van der Waals surface area contributed by atoms with Gasteiger partial charge in [0.1, 0.15) is 11.1 Å². The minimum Gasteiger partial charge on any atom is -0.368 e. The van der Waals surface area contributed by atoms with Gasteiger partial charge in [-0.1, -0.05) is 30.3 Å². The van der Waals surface area contributed by atoms with Crippen LogP contribution >= 0.6 is 11.3 Å². The first kappa shape index (κ1) is 16.1. The van der Waals surface area contributed by atoms with Crippen molar-refractivity contribution in [1.29, 1.82) is 0 Å². The Kier molecular flexibility index (Phi) is 5.08. The van der Waals surface area contributed by atoms with Gasteiger partial charge in [-0.25, -0.2) is 4.98 Å². The molecule has 2 atom stereocenters. The lowest BCUT2D eigenvalue weighted by Gasteiger charge is -2.16. The number of nitrogens with one attached hydrogen (secondary N) is 1. The highest BCUT2D eigenvalue weighted by molar-refractivity contribution is 7.10. The molecule has 1 saturated carbocycles. The lowest BCUT2D eigenvalue weighted by molar-refractivity contribution is -0.132. The van der Waals surface area contributed by atoms with Gasteiger partial charge in [-0.3, -0.25) is 4.79 Å². The summed E-state index contributed by atoms with van der Waals surface area (Å²) in [7, 11) is 0. The standard InChI is InChI=1S/C18H22N2O2S/c1-12(19-17(21)13(2)22-10-14-8-9-14)18-20-16(11-23-18)15-6-4-3-5-7-15/h3-7,11-14H,8-10H2,1-2H3,(H,19,21)/t12-,13+/m0/s1. The molecule has 1 fully saturated rings. The zero-order valence-electron chi connectivity index (χ0n) is 13.5. The molecule has 0 aliphatic heterocycles. The van der Waals surface area contributed by atoms with Gasteiger partial charge in [0.25, 0.3) is 0 Å². The molecule has 0 unspecified atom stereocenters. The zero-order chi connectivity index (χ0) is 16.2. The van der Waals surface area contributed by atoms with Crippen molar-refractivity contribution >= 4 is 17.2 Å². The zero-order valence-corrected chi connectivity index (χ0v) is 14.3. The van der Waals surface area contributed by atoms with E-state index in [1.54, 1.807) is 11.3 Å². The molecular weight excluding hydrogens is 308 g/mol. The second-order valence-corrected chi connectivity index (χ2v) is 6.98. The van der Waals surface area contributed by atoms with Crippen molar-refractivity contribution in [2.24, 2.45) is 5.92 Å². The summed E-state index contributed by atoms with van der Waals surface area (Å²) in [4.78, 5) is 16.8. The van der Waals surface area contributed by atoms with Crippen molar-refractivity contribution in [2.75, 3.05) is 6.61 Å². The molecule has 122 valence electrons. The number of nitrogens with zero attached hydrogens (tertiary/aromatic N) is 1. The van der Waals surface area contributed by atoms with Crippen LogP contribution in [0, 0.1) is 5.92 Å². The molecule has 1 aliphatic carbocycles. The summed E-state index contributed by atoms with van der Waals surface area (Å²) >= 11 is 1.57. The normalized spacial score (nSPS) is 16.8. The van der Waals surface area contributed by atoms with Crippen LogP contribution in [0.15, 0.2) is 35.7 Å². The van der Waals surface area contributed by atoms with Crippen LogP contribution in [0.4, 0.5) is 0 Å². The van der Waals surface area contributed by atoms with E-state index in [0.717, 1.165) is 16.3 Å². The number of hydrogen-bond acceptors (Lipinski definition) is 4. The van der Waals surface area contributed by atoms with E-state index in [1.807, 2.05) is 49.6 Å². The Morgan fingerprint density at radius 1 is 1.35 bits per heavy atom. The summed E-state index contributed by atoms with van der Waals surface area (Å²) in [5, 5.41) is 5.93. The van der Waals surface area contributed by atoms with Gasteiger partial charge in [-0.15, -0.1) is 11.3 Å². The van der Waals surface area contributed by atoms with Crippen LogP contribution in [0.3, 0.4) is 0 Å². The molecule has 5 heteroatoms. The van der Waals surface area contributed by atoms with E-state index in [9.17, 15) is 4.79 Å². The lowest BCUT2D eigenvalue weighted by atomic mass is 10.2. The molecule has 0 radical (unpaired) electrons. The van der Waals surface area contributed by atoms with Gasteiger partial charge in [-0.2, -0.15) is 0 Å². The first-order valence-electron chi connectivity index (χ1n) is 8.06. The highest BCUT2D eigenvalue weighted by atomic mass is 32.1. The second kappa shape index (κ2) is 7.23. The quantitative estimate of drug-likeness (QED) is 0.840. The van der Waals surface area contributed by atoms with Gasteiger partial charge < -0.3 is 10.1 Å². The fourth-order valence-corrected chi connectivity index (χ4v) is 3.10. The van der Waals surface area contributed by atoms with E-state index < -0.39 is 6.10 Å². The van der Waals surface area contributed by atoms with Crippen molar-refractivity contribution in [3.8, 4) is 11.3 Å². The Morgan fingerprint density at radius 3 is 2.78 bits per heavy atom. The highest BCUT2D eigenvalue weighted by Crippen LogP contribution is 2.29. The predicted molar refractivity (Wildman–Crippen MR) is 92.2 cm³/mol. The lowest BCUT2D eigenvalue weighted by Crippen LogP contribution is -2.36. The Balaban J connectivity index is 1.56. The third-order valence-electron chi connectivity index (χ3n) is 3.97. The van der Waals surface area contributed by atoms with Crippen LogP contribution in [0.25, 0.3) is 11.3 Å². The summed E-state index contributed by atoms with van der Waals surface area (Å²) in [6.45, 7) is 4.46. The topological polar surface area (TPSA) is 51.2 Å². The molecule has 0 spiro atoms. The number of hydrogen-bond donors (Lipinski definition) is 1. The third kappa shape index (κ3) is 4.39. The number of benzene rings is 1. The third-order valence-corrected chi connectivity index (χ3v) is 5.00. The average Bonchev–Trinajstić information content (AvgIpc) is 3.26. The van der Waals surface area contributed by atoms with Crippen LogP contribution in [0.2, 0.25) is 0 Å². The molecule has 1 heterocycles. The van der Waals surface area contributed by atoms with Gasteiger partial charge in [0.2, 0.25) is 5.91 Å². The van der Waals surface area contributed by atoms with Crippen molar-refractivity contribution in [3.05, 3.63) is 40.7 Å². The summed E-state index contributed by atoms with van der Waals surface area (Å²) in [5.74, 6) is 0.588. The van der Waals surface area contributed by atoms with Crippen molar-refractivity contribution in [3.63, 3.8) is 0 Å². The largest absolute Gasteiger partial charge is 0.368 e. The Bertz CT molecular complexity index is 652. The molecular formula is C18H22N2O2S. The molecule has 1 amide bonds. The Labute approximate surface area is 140 Å². The van der Waals surface area contributed by atoms with Crippen LogP contribution in [-0.2, 0) is 9.53 Å². The van der Waals surface area contributed by atoms with E-state index in [4.69, 9.17) is 4.74 Å². The maximum atomic E-state index is 12.2. The van der Waals surface area contributed by atoms with E-state index in [2.05, 4.69) is 10.3 Å². The summed E-state index contributed by atoms with van der Waals surface area (Å²) in [6.07, 6.45) is 2.05. The van der Waals surface area contributed by atoms with Crippen molar-refractivity contribution in [2.45, 2.75) is 38.8 Å². The Morgan fingerprint density at radius 2 is 2.09 bits per heavy atom. The van der Waals surface area contributed by atoms with Crippen LogP contribution in [0.5, 0.6) is 0 Å². The van der Waals surface area contributed by atoms with Gasteiger partial charge in [0.05, 0.1) is 18.3 Å². The van der Waals surface area contributed by atoms with Crippen molar-refractivity contribution in [1.82, 2.24) is 10.3 Å². The molecule has 1 aromatic heterocycles. The first-order chi connectivity index (χ1) is 11.1. The molecule has 0 bridgehead atoms. The highest BCUT2D eigenvalue weighted by Gasteiger charge is 2.25. The van der Waals surface area contributed by atoms with E-state index >= 15 is 0 Å². The smallest absolute Gasteiger partial charge is 0.249 e. The van der Waals surface area contributed by atoms with Gasteiger partial charge in [0, 0.05) is 10.9 Å². The molecule has 3 rings (SSSR count). The van der Waals surface area contributed by atoms with Crippen LogP contribution < -0.4 is 5.32 Å². The number of thiazole rings is 1. The average molecular weight is 330 g/mol. The minimum absolute atomic E-state index is 0.0744. The SMILES string of the molecule is C[C@H](NC(=O)[C@@H](C)OCC1CC1)c1nc(-c2ccccc2)cs1. The molecule has 2 aromatic rings. The molecule has 1 N–H and O–H groups in total. The number of ether oxygens (including phenoxy) is 1. The second-order valence-electron chi connectivity index (χ2n) is 6.09. The van der Waals surface area contributed by atoms with E-state index in [0.29, 0.717) is 12.5 Å². The predicted octanol–water partition coefficient (Wildman–Crippen LogP) is 3.80. The molecule has 4 nitrogen and oxygen atoms in total. The maximum absolute atomic E-state index is 12.2. The number of carbonyl (C=O) groups excluding carboxylic acids is 1. The summed E-state index contributed by atoms with van der Waals surface area (Å²) in [5.41, 5.74) is 2.04. The summed E-state index contributed by atoms with van der Waals surface area (Å²) in [6, 6.07) is 9.95. The molecule has 0 saturated heterocycles. The van der Waals surface area contributed by atoms with Crippen LogP contribution in [0.1, 0.15) is 37.7 Å².